The standard InChI is InChI=1S/C21H29N5O/c1-5-7-19(16-27)17(3)14-26(12-6-2)15-20(23-4)21(22)25-13-18-8-10-24-11-9-18/h5-12,14,16,27H,13,15H2,1-4H3,(H2,22,25)/b7-5-,12-6-,17-14+,19-16+,23-20?. The van der Waals surface area contributed by atoms with Crippen LogP contribution in [-0.2, 0) is 6.54 Å². The Morgan fingerprint density at radius 2 is 1.96 bits per heavy atom. The number of nitrogens with two attached hydrogens (primary N) is 1. The van der Waals surface area contributed by atoms with Crippen molar-refractivity contribution in [1.29, 1.82) is 0 Å². The van der Waals surface area contributed by atoms with E-state index in [2.05, 4.69) is 15.0 Å². The van der Waals surface area contributed by atoms with Crippen LogP contribution in [0.15, 0.2) is 82.5 Å². The van der Waals surface area contributed by atoms with Gasteiger partial charge in [0.15, 0.2) is 0 Å². The minimum atomic E-state index is 0.404. The molecule has 0 aliphatic carbocycles. The van der Waals surface area contributed by atoms with E-state index in [0.29, 0.717) is 24.6 Å². The van der Waals surface area contributed by atoms with Crippen molar-refractivity contribution in [2.24, 2.45) is 15.7 Å². The van der Waals surface area contributed by atoms with Gasteiger partial charge in [-0.05, 0) is 50.2 Å². The predicted molar refractivity (Wildman–Crippen MR) is 114 cm³/mol. The summed E-state index contributed by atoms with van der Waals surface area (Å²) in [5.41, 5.74) is 9.53. The molecular weight excluding hydrogens is 338 g/mol. The predicted octanol–water partition coefficient (Wildman–Crippen LogP) is 3.77. The Kier molecular flexibility index (Phi) is 9.93. The first-order valence-corrected chi connectivity index (χ1v) is 8.75. The second-order valence-corrected chi connectivity index (χ2v) is 5.78. The molecule has 0 saturated carbocycles. The van der Waals surface area contributed by atoms with E-state index in [9.17, 15) is 5.11 Å². The van der Waals surface area contributed by atoms with Crippen molar-refractivity contribution < 1.29 is 5.11 Å². The number of allylic oxidation sites excluding steroid dienone is 5. The van der Waals surface area contributed by atoms with E-state index in [1.807, 2.05) is 68.4 Å². The summed E-state index contributed by atoms with van der Waals surface area (Å²) in [6, 6.07) is 3.81. The third kappa shape index (κ3) is 7.73. The Balaban J connectivity index is 2.95. The smallest absolute Gasteiger partial charge is 0.142 e. The monoisotopic (exact) mass is 367 g/mol. The lowest BCUT2D eigenvalue weighted by Gasteiger charge is -2.18. The molecule has 3 N–H and O–H groups in total. The molecule has 1 aromatic rings. The first-order chi connectivity index (χ1) is 13.0. The van der Waals surface area contributed by atoms with Gasteiger partial charge < -0.3 is 15.7 Å². The minimum Gasteiger partial charge on any atom is -0.515 e. The number of aromatic nitrogens is 1. The molecule has 0 amide bonds. The third-order valence-electron chi connectivity index (χ3n) is 3.72. The first kappa shape index (κ1) is 21.9. The van der Waals surface area contributed by atoms with Gasteiger partial charge in [0.05, 0.1) is 25.1 Å². The van der Waals surface area contributed by atoms with Crippen molar-refractivity contribution in [3.05, 3.63) is 78.1 Å². The molecule has 144 valence electrons. The number of aliphatic hydroxyl groups excluding tert-OH is 1. The summed E-state index contributed by atoms with van der Waals surface area (Å²) in [6.45, 7) is 6.72. The van der Waals surface area contributed by atoms with Gasteiger partial charge in [0.2, 0.25) is 0 Å². The van der Waals surface area contributed by atoms with Gasteiger partial charge in [-0.3, -0.25) is 15.0 Å². The summed E-state index contributed by atoms with van der Waals surface area (Å²) < 4.78 is 0. The Morgan fingerprint density at radius 1 is 1.26 bits per heavy atom. The summed E-state index contributed by atoms with van der Waals surface area (Å²) in [7, 11) is 1.70. The van der Waals surface area contributed by atoms with Gasteiger partial charge in [-0.15, -0.1) is 0 Å². The molecule has 1 heterocycles. The number of nitrogens with zero attached hydrogens (tertiary/aromatic N) is 4. The number of rotatable bonds is 9. The highest BCUT2D eigenvalue weighted by Gasteiger charge is 2.09. The molecule has 1 rings (SSSR count). The van der Waals surface area contributed by atoms with Crippen molar-refractivity contribution in [2.45, 2.75) is 27.3 Å². The van der Waals surface area contributed by atoms with E-state index < -0.39 is 0 Å². The molecule has 0 fully saturated rings. The summed E-state index contributed by atoms with van der Waals surface area (Å²) in [5, 5.41) is 9.41. The zero-order valence-corrected chi connectivity index (χ0v) is 16.5. The average molecular weight is 367 g/mol. The molecule has 1 aromatic heterocycles. The van der Waals surface area contributed by atoms with Crippen molar-refractivity contribution in [1.82, 2.24) is 9.88 Å². The zero-order chi connectivity index (χ0) is 20.1. The van der Waals surface area contributed by atoms with Gasteiger partial charge in [-0.2, -0.15) is 0 Å². The van der Waals surface area contributed by atoms with E-state index in [-0.39, 0.29) is 0 Å². The van der Waals surface area contributed by atoms with Crippen molar-refractivity contribution in [3.8, 4) is 0 Å². The maximum Gasteiger partial charge on any atom is 0.142 e. The molecule has 0 aliphatic heterocycles. The number of amidine groups is 1. The zero-order valence-electron chi connectivity index (χ0n) is 16.5. The number of aliphatic imine (C=N–C) groups is 2. The van der Waals surface area contributed by atoms with E-state index >= 15 is 0 Å². The molecule has 0 atom stereocenters. The highest BCUT2D eigenvalue weighted by Crippen LogP contribution is 2.12. The van der Waals surface area contributed by atoms with Gasteiger partial charge in [-0.1, -0.05) is 18.2 Å². The summed E-state index contributed by atoms with van der Waals surface area (Å²) in [5.74, 6) is 0.404. The Hall–Kier alpha value is -3.15. The quantitative estimate of drug-likeness (QED) is 0.301. The normalized spacial score (nSPS) is 14.4. The Labute approximate surface area is 161 Å². The fourth-order valence-corrected chi connectivity index (χ4v) is 2.31. The lowest BCUT2D eigenvalue weighted by molar-refractivity contribution is 0.469. The van der Waals surface area contributed by atoms with Crippen LogP contribution in [0.4, 0.5) is 0 Å². The van der Waals surface area contributed by atoms with Crippen molar-refractivity contribution in [2.75, 3.05) is 13.6 Å². The van der Waals surface area contributed by atoms with Crippen molar-refractivity contribution >= 4 is 11.5 Å². The summed E-state index contributed by atoms with van der Waals surface area (Å²) in [6.07, 6.45) is 14.1. The van der Waals surface area contributed by atoms with Gasteiger partial charge in [0, 0.05) is 31.2 Å². The Morgan fingerprint density at radius 3 is 2.52 bits per heavy atom. The van der Waals surface area contributed by atoms with E-state index in [0.717, 1.165) is 23.0 Å². The molecular formula is C21H29N5O. The maximum absolute atomic E-state index is 9.41. The van der Waals surface area contributed by atoms with Crippen molar-refractivity contribution in [3.63, 3.8) is 0 Å². The second-order valence-electron chi connectivity index (χ2n) is 5.78. The van der Waals surface area contributed by atoms with Gasteiger partial charge in [0.1, 0.15) is 5.84 Å². The summed E-state index contributed by atoms with van der Waals surface area (Å²) in [4.78, 5) is 14.7. The van der Waals surface area contributed by atoms with Crippen LogP contribution in [0.5, 0.6) is 0 Å². The van der Waals surface area contributed by atoms with E-state index in [4.69, 9.17) is 5.73 Å². The highest BCUT2D eigenvalue weighted by molar-refractivity contribution is 6.41. The molecule has 0 radical (unpaired) electrons. The highest BCUT2D eigenvalue weighted by atomic mass is 16.2. The molecule has 6 nitrogen and oxygen atoms in total. The molecule has 27 heavy (non-hydrogen) atoms. The SMILES string of the molecule is C\C=C/C(=C\O)C(/C)=C/N(/C=C\C)CC(=NC)C(N)=NCc1ccncc1. The lowest BCUT2D eigenvalue weighted by atomic mass is 10.1. The molecule has 0 aliphatic rings. The fraction of sp³-hybridized carbons (Fsp3) is 0.286. The Bertz CT molecular complexity index is 758. The molecule has 6 heteroatoms. The van der Waals surface area contributed by atoms with E-state index in [1.54, 1.807) is 19.4 Å². The van der Waals surface area contributed by atoms with Gasteiger partial charge in [0.25, 0.3) is 0 Å². The van der Waals surface area contributed by atoms with Gasteiger partial charge in [-0.25, -0.2) is 0 Å². The van der Waals surface area contributed by atoms with Crippen LogP contribution in [0.3, 0.4) is 0 Å². The maximum atomic E-state index is 9.41. The van der Waals surface area contributed by atoms with Crippen LogP contribution in [0.2, 0.25) is 0 Å². The number of hydrogen-bond donors (Lipinski definition) is 2. The van der Waals surface area contributed by atoms with Crippen LogP contribution in [0.1, 0.15) is 26.3 Å². The molecule has 0 bridgehead atoms. The lowest BCUT2D eigenvalue weighted by Crippen LogP contribution is -2.33. The molecule has 0 spiro atoms. The molecule has 0 aromatic carbocycles. The van der Waals surface area contributed by atoms with Crippen LogP contribution < -0.4 is 5.73 Å². The van der Waals surface area contributed by atoms with Crippen LogP contribution in [0.25, 0.3) is 0 Å². The number of pyridine rings is 1. The van der Waals surface area contributed by atoms with Gasteiger partial charge >= 0.3 is 0 Å². The topological polar surface area (TPSA) is 87.1 Å². The third-order valence-corrected chi connectivity index (χ3v) is 3.72. The number of aliphatic hydroxyl groups is 1. The van der Waals surface area contributed by atoms with Crippen LogP contribution >= 0.6 is 0 Å². The largest absolute Gasteiger partial charge is 0.515 e. The minimum absolute atomic E-state index is 0.404. The first-order valence-electron chi connectivity index (χ1n) is 8.75. The van der Waals surface area contributed by atoms with Crippen LogP contribution in [-0.4, -0.2) is 40.1 Å². The summed E-state index contributed by atoms with van der Waals surface area (Å²) >= 11 is 0. The average Bonchev–Trinajstić information content (AvgIpc) is 2.69. The fourth-order valence-electron chi connectivity index (χ4n) is 2.31. The molecule has 0 unspecified atom stereocenters. The van der Waals surface area contributed by atoms with E-state index in [1.165, 1.54) is 0 Å². The van der Waals surface area contributed by atoms with Crippen LogP contribution in [0, 0.1) is 0 Å². The molecule has 0 saturated heterocycles. The number of hydrogen-bond acceptors (Lipinski definition) is 5. The second kappa shape index (κ2) is 12.2.